The quantitative estimate of drug-likeness (QED) is 0.797. The Hall–Kier alpha value is -1.38. The van der Waals surface area contributed by atoms with Crippen LogP contribution in [0.5, 0.6) is 0 Å². The number of rotatable bonds is 6. The van der Waals surface area contributed by atoms with Gasteiger partial charge in [0.15, 0.2) is 0 Å². The monoisotopic (exact) mass is 305 g/mol. The molecule has 0 aliphatic carbocycles. The molecular formula is C18H21ClFN. The summed E-state index contributed by atoms with van der Waals surface area (Å²) in [5, 5.41) is 3.75. The molecule has 1 unspecified atom stereocenters. The van der Waals surface area contributed by atoms with E-state index in [0.717, 1.165) is 12.8 Å². The number of benzene rings is 2. The fourth-order valence-electron chi connectivity index (χ4n) is 2.57. The summed E-state index contributed by atoms with van der Waals surface area (Å²) in [5.41, 5.74) is 3.05. The smallest absolute Gasteiger partial charge is 0.127 e. The fraction of sp³-hybridized carbons (Fsp3) is 0.333. The van der Waals surface area contributed by atoms with Gasteiger partial charge in [0, 0.05) is 16.6 Å². The van der Waals surface area contributed by atoms with Crippen LogP contribution in [0.15, 0.2) is 42.5 Å². The number of nitrogens with one attached hydrogen (secondary N) is 1. The number of hydrogen-bond donors (Lipinski definition) is 1. The SMILES string of the molecule is CCCc1cccc(C(Cc2c(F)cccc2Cl)NC)c1. The van der Waals surface area contributed by atoms with Gasteiger partial charge in [0.1, 0.15) is 5.82 Å². The molecule has 0 spiro atoms. The minimum atomic E-state index is -0.243. The number of aryl methyl sites for hydroxylation is 1. The van der Waals surface area contributed by atoms with E-state index in [0.29, 0.717) is 17.0 Å². The molecule has 0 amide bonds. The summed E-state index contributed by atoms with van der Waals surface area (Å²) in [5.74, 6) is -0.243. The third kappa shape index (κ3) is 4.05. The van der Waals surface area contributed by atoms with E-state index in [1.807, 2.05) is 7.05 Å². The summed E-state index contributed by atoms with van der Waals surface area (Å²) in [6.07, 6.45) is 2.72. The molecule has 21 heavy (non-hydrogen) atoms. The van der Waals surface area contributed by atoms with Crippen molar-refractivity contribution in [1.82, 2.24) is 5.32 Å². The highest BCUT2D eigenvalue weighted by Crippen LogP contribution is 2.26. The summed E-state index contributed by atoms with van der Waals surface area (Å²) >= 11 is 6.13. The van der Waals surface area contributed by atoms with E-state index >= 15 is 0 Å². The van der Waals surface area contributed by atoms with Gasteiger partial charge in [-0.3, -0.25) is 0 Å². The maximum atomic E-state index is 14.0. The highest BCUT2D eigenvalue weighted by molar-refractivity contribution is 6.31. The predicted molar refractivity (Wildman–Crippen MR) is 87.4 cm³/mol. The zero-order valence-corrected chi connectivity index (χ0v) is 13.3. The van der Waals surface area contributed by atoms with Gasteiger partial charge in [-0.2, -0.15) is 0 Å². The first-order valence-corrected chi connectivity index (χ1v) is 7.72. The zero-order valence-electron chi connectivity index (χ0n) is 12.5. The molecular weight excluding hydrogens is 285 g/mol. The molecule has 1 atom stereocenters. The Balaban J connectivity index is 2.26. The van der Waals surface area contributed by atoms with Gasteiger partial charge in [0.25, 0.3) is 0 Å². The molecule has 0 saturated heterocycles. The first kappa shape index (κ1) is 16.0. The van der Waals surface area contributed by atoms with E-state index in [1.165, 1.54) is 17.2 Å². The van der Waals surface area contributed by atoms with Gasteiger partial charge in [0.2, 0.25) is 0 Å². The van der Waals surface area contributed by atoms with Crippen LogP contribution < -0.4 is 5.32 Å². The average Bonchev–Trinajstić information content (AvgIpc) is 2.48. The molecule has 0 heterocycles. The van der Waals surface area contributed by atoms with Crippen LogP contribution in [0.3, 0.4) is 0 Å². The van der Waals surface area contributed by atoms with Crippen LogP contribution in [0.4, 0.5) is 4.39 Å². The molecule has 3 heteroatoms. The first-order chi connectivity index (χ1) is 10.2. The van der Waals surface area contributed by atoms with Gasteiger partial charge in [0.05, 0.1) is 0 Å². The number of halogens is 2. The maximum Gasteiger partial charge on any atom is 0.127 e. The van der Waals surface area contributed by atoms with Crippen LogP contribution in [0, 0.1) is 5.82 Å². The lowest BCUT2D eigenvalue weighted by Gasteiger charge is -2.19. The number of hydrogen-bond acceptors (Lipinski definition) is 1. The lowest BCUT2D eigenvalue weighted by atomic mass is 9.96. The Morgan fingerprint density at radius 2 is 1.95 bits per heavy atom. The molecule has 2 aromatic rings. The van der Waals surface area contributed by atoms with Crippen molar-refractivity contribution < 1.29 is 4.39 Å². The summed E-state index contributed by atoms with van der Waals surface area (Å²) in [4.78, 5) is 0. The van der Waals surface area contributed by atoms with Crippen LogP contribution in [-0.2, 0) is 12.8 Å². The van der Waals surface area contributed by atoms with Crippen molar-refractivity contribution in [2.75, 3.05) is 7.05 Å². The summed E-state index contributed by atoms with van der Waals surface area (Å²) in [7, 11) is 1.89. The standard InChI is InChI=1S/C18H21ClFN/c1-3-6-13-7-4-8-14(11-13)18(21-2)12-15-16(19)9-5-10-17(15)20/h4-5,7-11,18,21H,3,6,12H2,1-2H3. The van der Waals surface area contributed by atoms with Crippen LogP contribution in [-0.4, -0.2) is 7.05 Å². The maximum absolute atomic E-state index is 14.0. The summed E-state index contributed by atoms with van der Waals surface area (Å²) < 4.78 is 14.0. The second-order valence-corrected chi connectivity index (χ2v) is 5.65. The van der Waals surface area contributed by atoms with Gasteiger partial charge in [-0.1, -0.05) is 55.3 Å². The minimum Gasteiger partial charge on any atom is -0.313 e. The third-order valence-electron chi connectivity index (χ3n) is 3.71. The van der Waals surface area contributed by atoms with E-state index in [2.05, 4.69) is 36.5 Å². The second-order valence-electron chi connectivity index (χ2n) is 5.24. The highest BCUT2D eigenvalue weighted by Gasteiger charge is 2.15. The Bertz CT molecular complexity index is 577. The molecule has 0 aliphatic heterocycles. The predicted octanol–water partition coefficient (Wildman–Crippen LogP) is 4.93. The highest BCUT2D eigenvalue weighted by atomic mass is 35.5. The van der Waals surface area contributed by atoms with E-state index in [1.54, 1.807) is 12.1 Å². The molecule has 0 radical (unpaired) electrons. The lowest BCUT2D eigenvalue weighted by Crippen LogP contribution is -2.19. The van der Waals surface area contributed by atoms with Crippen LogP contribution in [0.25, 0.3) is 0 Å². The van der Waals surface area contributed by atoms with Gasteiger partial charge in [-0.25, -0.2) is 4.39 Å². The van der Waals surface area contributed by atoms with Crippen molar-refractivity contribution in [3.63, 3.8) is 0 Å². The molecule has 0 aromatic heterocycles. The minimum absolute atomic E-state index is 0.0520. The van der Waals surface area contributed by atoms with Gasteiger partial charge < -0.3 is 5.32 Å². The van der Waals surface area contributed by atoms with Crippen molar-refractivity contribution in [2.24, 2.45) is 0 Å². The normalized spacial score (nSPS) is 12.4. The van der Waals surface area contributed by atoms with Crippen molar-refractivity contribution in [2.45, 2.75) is 32.2 Å². The molecule has 0 fully saturated rings. The van der Waals surface area contributed by atoms with Crippen LogP contribution >= 0.6 is 11.6 Å². The Morgan fingerprint density at radius 3 is 2.62 bits per heavy atom. The number of likely N-dealkylation sites (N-methyl/N-ethyl adjacent to an activating group) is 1. The van der Waals surface area contributed by atoms with Crippen LogP contribution in [0.1, 0.15) is 36.1 Å². The topological polar surface area (TPSA) is 12.0 Å². The molecule has 1 N–H and O–H groups in total. The van der Waals surface area contributed by atoms with Gasteiger partial charge in [-0.15, -0.1) is 0 Å². The van der Waals surface area contributed by atoms with E-state index in [9.17, 15) is 4.39 Å². The van der Waals surface area contributed by atoms with Crippen LogP contribution in [0.2, 0.25) is 5.02 Å². The lowest BCUT2D eigenvalue weighted by molar-refractivity contribution is 0.554. The van der Waals surface area contributed by atoms with Crippen molar-refractivity contribution in [1.29, 1.82) is 0 Å². The Morgan fingerprint density at radius 1 is 1.19 bits per heavy atom. The molecule has 2 aromatic carbocycles. The van der Waals surface area contributed by atoms with Gasteiger partial charge in [-0.05, 0) is 43.1 Å². The largest absolute Gasteiger partial charge is 0.313 e. The molecule has 112 valence electrons. The molecule has 2 rings (SSSR count). The molecule has 1 nitrogen and oxygen atoms in total. The van der Waals surface area contributed by atoms with Crippen molar-refractivity contribution in [3.8, 4) is 0 Å². The van der Waals surface area contributed by atoms with Crippen molar-refractivity contribution >= 4 is 11.6 Å². The first-order valence-electron chi connectivity index (χ1n) is 7.34. The van der Waals surface area contributed by atoms with E-state index in [-0.39, 0.29) is 11.9 Å². The molecule has 0 saturated carbocycles. The fourth-order valence-corrected chi connectivity index (χ4v) is 2.81. The summed E-state index contributed by atoms with van der Waals surface area (Å²) in [6, 6.07) is 13.4. The second kappa shape index (κ2) is 7.58. The average molecular weight is 306 g/mol. The van der Waals surface area contributed by atoms with Crippen molar-refractivity contribution in [3.05, 3.63) is 70.0 Å². The van der Waals surface area contributed by atoms with E-state index in [4.69, 9.17) is 11.6 Å². The molecule has 0 bridgehead atoms. The molecule has 0 aliphatic rings. The Labute approximate surface area is 131 Å². The summed E-state index contributed by atoms with van der Waals surface area (Å²) in [6.45, 7) is 2.17. The van der Waals surface area contributed by atoms with Gasteiger partial charge >= 0.3 is 0 Å². The zero-order chi connectivity index (χ0) is 15.2. The van der Waals surface area contributed by atoms with E-state index < -0.39 is 0 Å². The Kier molecular flexibility index (Phi) is 5.77. The third-order valence-corrected chi connectivity index (χ3v) is 4.06.